The molecule has 0 saturated heterocycles. The minimum absolute atomic E-state index is 0.664. The molecule has 2 saturated carbocycles. The minimum Gasteiger partial charge on any atom is -0.427 e. The molecule has 138 valence electrons. The van der Waals surface area contributed by atoms with Crippen molar-refractivity contribution in [1.29, 1.82) is 0 Å². The Kier molecular flexibility index (Phi) is 4.43. The van der Waals surface area contributed by atoms with E-state index >= 15 is 0 Å². The van der Waals surface area contributed by atoms with E-state index in [-0.39, 0.29) is 0 Å². The van der Waals surface area contributed by atoms with E-state index in [1.165, 1.54) is 36.8 Å². The fourth-order valence-corrected chi connectivity index (χ4v) is 6.36. The molecule has 3 nitrogen and oxygen atoms in total. The second-order valence-corrected chi connectivity index (χ2v) is 9.41. The fraction of sp³-hybridized carbons (Fsp3) is 0.545. The van der Waals surface area contributed by atoms with Crippen molar-refractivity contribution in [3.8, 4) is 5.75 Å². The summed E-state index contributed by atoms with van der Waals surface area (Å²) >= 11 is 0. The van der Waals surface area contributed by atoms with Crippen molar-refractivity contribution in [2.75, 3.05) is 0 Å². The number of rotatable bonds is 6. The molecule has 6 unspecified atom stereocenters. The number of benzene rings is 1. The molecule has 2 fully saturated rings. The van der Waals surface area contributed by atoms with Gasteiger partial charge in [-0.15, -0.1) is 0 Å². The van der Waals surface area contributed by atoms with Gasteiger partial charge in [-0.2, -0.15) is 0 Å². The first-order chi connectivity index (χ1) is 12.7. The topological polar surface area (TPSA) is 49.7 Å². The van der Waals surface area contributed by atoms with Crippen LogP contribution in [0.3, 0.4) is 0 Å². The van der Waals surface area contributed by atoms with E-state index in [4.69, 9.17) is 4.52 Å². The van der Waals surface area contributed by atoms with E-state index in [2.05, 4.69) is 30.4 Å². The average Bonchev–Trinajstić information content (AvgIpc) is 3.38. The van der Waals surface area contributed by atoms with Crippen molar-refractivity contribution in [3.05, 3.63) is 53.6 Å². The summed E-state index contributed by atoms with van der Waals surface area (Å²) in [5, 5.41) is 0. The van der Waals surface area contributed by atoms with Crippen LogP contribution in [-0.2, 0) is 12.8 Å². The third-order valence-electron chi connectivity index (χ3n) is 7.19. The SMILES string of the molecule is OP(O)Oc1cccc(CC2CC3C=CC2C3)c1CC1CC2C=CC1C2. The predicted molar refractivity (Wildman–Crippen MR) is 104 cm³/mol. The molecule has 2 N–H and O–H groups in total. The van der Waals surface area contributed by atoms with Gasteiger partial charge in [0.2, 0.25) is 0 Å². The molecule has 4 bridgehead atoms. The van der Waals surface area contributed by atoms with Gasteiger partial charge in [0.05, 0.1) is 0 Å². The summed E-state index contributed by atoms with van der Waals surface area (Å²) < 4.78 is 5.45. The van der Waals surface area contributed by atoms with Crippen LogP contribution in [0.1, 0.15) is 36.8 Å². The molecule has 26 heavy (non-hydrogen) atoms. The summed E-state index contributed by atoms with van der Waals surface area (Å²) in [7, 11) is -2.37. The first-order valence-electron chi connectivity index (χ1n) is 9.99. The molecule has 0 radical (unpaired) electrons. The van der Waals surface area contributed by atoms with E-state index in [1.807, 2.05) is 12.1 Å². The van der Waals surface area contributed by atoms with Crippen LogP contribution >= 0.6 is 8.60 Å². The highest BCUT2D eigenvalue weighted by atomic mass is 31.2. The molecule has 1 aromatic carbocycles. The number of hydrogen-bond acceptors (Lipinski definition) is 3. The molecule has 5 rings (SSSR count). The van der Waals surface area contributed by atoms with E-state index in [9.17, 15) is 9.79 Å². The molecule has 0 heterocycles. The molecule has 1 aromatic rings. The molecular weight excluding hydrogens is 343 g/mol. The van der Waals surface area contributed by atoms with Crippen molar-refractivity contribution in [3.63, 3.8) is 0 Å². The first kappa shape index (κ1) is 17.0. The van der Waals surface area contributed by atoms with E-state index < -0.39 is 8.60 Å². The smallest absolute Gasteiger partial charge is 0.391 e. The fourth-order valence-electron chi connectivity index (χ4n) is 6.01. The zero-order chi connectivity index (χ0) is 17.7. The van der Waals surface area contributed by atoms with E-state index in [1.54, 1.807) is 0 Å². The Morgan fingerprint density at radius 2 is 1.50 bits per heavy atom. The molecule has 6 atom stereocenters. The summed E-state index contributed by atoms with van der Waals surface area (Å²) in [6.45, 7) is 0. The molecule has 4 heteroatoms. The van der Waals surface area contributed by atoms with Crippen molar-refractivity contribution >= 4 is 8.60 Å². The van der Waals surface area contributed by atoms with Crippen molar-refractivity contribution in [2.24, 2.45) is 35.5 Å². The Bertz CT molecular complexity index is 741. The Hall–Kier alpha value is -1.15. The van der Waals surface area contributed by atoms with Crippen LogP contribution < -0.4 is 4.52 Å². The van der Waals surface area contributed by atoms with Crippen LogP contribution in [0.4, 0.5) is 0 Å². The van der Waals surface area contributed by atoms with Gasteiger partial charge in [-0.05, 0) is 91.2 Å². The maximum absolute atomic E-state index is 9.44. The first-order valence-corrected chi connectivity index (χ1v) is 11.2. The third kappa shape index (κ3) is 3.15. The van der Waals surface area contributed by atoms with Gasteiger partial charge >= 0.3 is 8.60 Å². The lowest BCUT2D eigenvalue weighted by Gasteiger charge is -2.25. The maximum Gasteiger partial charge on any atom is 0.391 e. The highest BCUT2D eigenvalue weighted by Gasteiger charge is 2.38. The highest BCUT2D eigenvalue weighted by Crippen LogP contribution is 2.48. The van der Waals surface area contributed by atoms with Gasteiger partial charge in [-0.25, -0.2) is 0 Å². The molecule has 0 spiro atoms. The van der Waals surface area contributed by atoms with Gasteiger partial charge in [0.15, 0.2) is 0 Å². The average molecular weight is 370 g/mol. The van der Waals surface area contributed by atoms with Gasteiger partial charge in [0.1, 0.15) is 5.75 Å². The van der Waals surface area contributed by atoms with Crippen molar-refractivity contribution in [2.45, 2.75) is 38.5 Å². The number of fused-ring (bicyclic) bond motifs is 4. The Morgan fingerprint density at radius 1 is 0.846 bits per heavy atom. The standard InChI is InChI=1S/C22H27O3P/c23-26(24)25-22-3-1-2-18(12-19-10-14-4-6-16(19)8-14)21(22)13-20-11-15-5-7-17(20)9-15/h1-7,14-17,19-20,23-24H,8-13H2. The van der Waals surface area contributed by atoms with Crippen LogP contribution in [0.2, 0.25) is 0 Å². The lowest BCUT2D eigenvalue weighted by molar-refractivity contribution is 0.368. The molecule has 0 aromatic heterocycles. The molecule has 0 aliphatic heterocycles. The number of allylic oxidation sites excluding steroid dienone is 4. The number of hydrogen-bond donors (Lipinski definition) is 2. The zero-order valence-electron chi connectivity index (χ0n) is 15.0. The van der Waals surface area contributed by atoms with Crippen LogP contribution in [-0.4, -0.2) is 9.79 Å². The normalized spacial score (nSPS) is 36.6. The summed E-state index contributed by atoms with van der Waals surface area (Å²) in [6, 6.07) is 6.15. The summed E-state index contributed by atoms with van der Waals surface area (Å²) in [6.07, 6.45) is 16.9. The Labute approximate surface area is 156 Å². The monoisotopic (exact) mass is 370 g/mol. The molecular formula is C22H27O3P. The third-order valence-corrected chi connectivity index (χ3v) is 7.55. The van der Waals surface area contributed by atoms with Gasteiger partial charge in [-0.3, -0.25) is 0 Å². The van der Waals surface area contributed by atoms with Crippen molar-refractivity contribution < 1.29 is 14.3 Å². The maximum atomic E-state index is 9.44. The van der Waals surface area contributed by atoms with Gasteiger partial charge < -0.3 is 14.3 Å². The van der Waals surface area contributed by atoms with Gasteiger partial charge in [0.25, 0.3) is 0 Å². The van der Waals surface area contributed by atoms with E-state index in [0.717, 1.165) is 36.5 Å². The lowest BCUT2D eigenvalue weighted by atomic mass is 9.82. The van der Waals surface area contributed by atoms with Crippen LogP contribution in [0.25, 0.3) is 0 Å². The quantitative estimate of drug-likeness (QED) is 0.559. The van der Waals surface area contributed by atoms with Crippen molar-refractivity contribution in [1.82, 2.24) is 0 Å². The molecule has 4 aliphatic rings. The predicted octanol–water partition coefficient (Wildman–Crippen LogP) is 4.79. The molecule has 4 aliphatic carbocycles. The minimum atomic E-state index is -2.37. The largest absolute Gasteiger partial charge is 0.427 e. The van der Waals surface area contributed by atoms with Gasteiger partial charge in [0, 0.05) is 0 Å². The molecule has 0 amide bonds. The second kappa shape index (κ2) is 6.78. The van der Waals surface area contributed by atoms with Gasteiger partial charge in [-0.1, -0.05) is 36.4 Å². The lowest BCUT2D eigenvalue weighted by Crippen LogP contribution is -2.15. The van der Waals surface area contributed by atoms with Crippen LogP contribution in [0.5, 0.6) is 5.75 Å². The summed E-state index contributed by atoms with van der Waals surface area (Å²) in [4.78, 5) is 18.9. The highest BCUT2D eigenvalue weighted by molar-refractivity contribution is 7.39. The Balaban J connectivity index is 1.41. The van der Waals surface area contributed by atoms with E-state index in [0.29, 0.717) is 17.6 Å². The Morgan fingerprint density at radius 3 is 2.04 bits per heavy atom. The second-order valence-electron chi connectivity index (χ2n) is 8.73. The van der Waals surface area contributed by atoms with Crippen LogP contribution in [0.15, 0.2) is 42.5 Å². The summed E-state index contributed by atoms with van der Waals surface area (Å²) in [5.41, 5.74) is 2.58. The van der Waals surface area contributed by atoms with Crippen LogP contribution in [0, 0.1) is 35.5 Å². The summed E-state index contributed by atoms with van der Waals surface area (Å²) in [5.74, 6) is 5.04. The zero-order valence-corrected chi connectivity index (χ0v) is 15.9.